The number of hydrogen-bond acceptors (Lipinski definition) is 6. The summed E-state index contributed by atoms with van der Waals surface area (Å²) >= 11 is 0. The van der Waals surface area contributed by atoms with Gasteiger partial charge >= 0.3 is 0 Å². The van der Waals surface area contributed by atoms with E-state index in [0.29, 0.717) is 23.4 Å². The van der Waals surface area contributed by atoms with Crippen LogP contribution in [0, 0.1) is 5.92 Å². The van der Waals surface area contributed by atoms with Crippen molar-refractivity contribution in [3.63, 3.8) is 0 Å². The molecule has 2 N–H and O–H groups in total. The van der Waals surface area contributed by atoms with Crippen LogP contribution < -0.4 is 10.1 Å². The third-order valence-electron chi connectivity index (χ3n) is 6.21. The third-order valence-corrected chi connectivity index (χ3v) is 7.13. The molecule has 0 bridgehead atoms. The number of anilines is 1. The van der Waals surface area contributed by atoms with Crippen molar-refractivity contribution in [3.05, 3.63) is 53.1 Å². The fourth-order valence-corrected chi connectivity index (χ4v) is 5.25. The molecule has 2 amide bonds. The lowest BCUT2D eigenvalue weighted by Gasteiger charge is -2.28. The minimum absolute atomic E-state index is 0.0274. The molecule has 8 nitrogen and oxygen atoms in total. The van der Waals surface area contributed by atoms with Gasteiger partial charge in [0.05, 0.1) is 29.7 Å². The lowest BCUT2D eigenvalue weighted by Crippen LogP contribution is -2.34. The Morgan fingerprint density at radius 1 is 1.27 bits per heavy atom. The van der Waals surface area contributed by atoms with Crippen LogP contribution in [0.2, 0.25) is 0 Å². The van der Waals surface area contributed by atoms with Gasteiger partial charge in [0.15, 0.2) is 11.5 Å². The van der Waals surface area contributed by atoms with Crippen LogP contribution in [0.1, 0.15) is 53.7 Å². The van der Waals surface area contributed by atoms with E-state index in [4.69, 9.17) is 4.74 Å². The van der Waals surface area contributed by atoms with Crippen LogP contribution in [-0.4, -0.2) is 48.9 Å². The van der Waals surface area contributed by atoms with E-state index in [-0.39, 0.29) is 41.5 Å². The highest BCUT2D eigenvalue weighted by Crippen LogP contribution is 2.38. The van der Waals surface area contributed by atoms with E-state index in [1.165, 1.54) is 11.0 Å². The van der Waals surface area contributed by atoms with Gasteiger partial charge in [-0.25, -0.2) is 8.42 Å². The van der Waals surface area contributed by atoms with Crippen molar-refractivity contribution in [3.8, 4) is 11.5 Å². The smallest absolute Gasteiger partial charge is 0.257 e. The summed E-state index contributed by atoms with van der Waals surface area (Å²) in [7, 11) is -3.46. The molecular formula is C24H28N2O6S. The van der Waals surface area contributed by atoms with Crippen LogP contribution >= 0.6 is 0 Å². The largest absolute Gasteiger partial charge is 0.504 e. The molecule has 1 saturated carbocycles. The average molecular weight is 473 g/mol. The SMILES string of the molecule is CCOc1cc(C(CS(C)(=O)=O)N2Cc3cccc(NC(=O)C4CCC4)c3C2=O)ccc1O. The molecule has 2 aliphatic rings. The number of fused-ring (bicyclic) bond motifs is 1. The van der Waals surface area contributed by atoms with Gasteiger partial charge < -0.3 is 20.1 Å². The molecule has 1 fully saturated rings. The summed E-state index contributed by atoms with van der Waals surface area (Å²) in [5, 5.41) is 13.0. The molecule has 33 heavy (non-hydrogen) atoms. The highest BCUT2D eigenvalue weighted by molar-refractivity contribution is 7.90. The molecule has 4 rings (SSSR count). The third kappa shape index (κ3) is 4.83. The van der Waals surface area contributed by atoms with Crippen LogP contribution in [0.25, 0.3) is 0 Å². The Hall–Kier alpha value is -3.07. The monoisotopic (exact) mass is 472 g/mol. The normalized spacial score (nSPS) is 16.8. The van der Waals surface area contributed by atoms with E-state index in [1.54, 1.807) is 31.2 Å². The second kappa shape index (κ2) is 9.05. The fraction of sp³-hybridized carbons (Fsp3) is 0.417. The number of nitrogens with one attached hydrogen (secondary N) is 1. The number of carbonyl (C=O) groups is 2. The number of nitrogens with zero attached hydrogens (tertiary/aromatic N) is 1. The quantitative estimate of drug-likeness (QED) is 0.610. The Balaban J connectivity index is 1.68. The van der Waals surface area contributed by atoms with Gasteiger partial charge in [0, 0.05) is 18.7 Å². The molecular weight excluding hydrogens is 444 g/mol. The van der Waals surface area contributed by atoms with Gasteiger partial charge in [0.2, 0.25) is 5.91 Å². The summed E-state index contributed by atoms with van der Waals surface area (Å²) in [6.07, 6.45) is 3.85. The first-order chi connectivity index (χ1) is 15.7. The summed E-state index contributed by atoms with van der Waals surface area (Å²) in [6, 6.07) is 9.13. The molecule has 1 aliphatic heterocycles. The number of aromatic hydroxyl groups is 1. The first kappa shape index (κ1) is 23.1. The van der Waals surface area contributed by atoms with Crippen LogP contribution in [0.4, 0.5) is 5.69 Å². The van der Waals surface area contributed by atoms with Crippen LogP contribution in [0.5, 0.6) is 11.5 Å². The number of amides is 2. The molecule has 0 aromatic heterocycles. The molecule has 9 heteroatoms. The molecule has 0 radical (unpaired) electrons. The predicted octanol–water partition coefficient (Wildman–Crippen LogP) is 3.27. The van der Waals surface area contributed by atoms with Gasteiger partial charge in [-0.3, -0.25) is 9.59 Å². The zero-order valence-electron chi connectivity index (χ0n) is 18.7. The number of phenols is 1. The maximum Gasteiger partial charge on any atom is 0.257 e. The summed E-state index contributed by atoms with van der Waals surface area (Å²) < 4.78 is 30.0. The Labute approximate surface area is 193 Å². The Kier molecular flexibility index (Phi) is 6.34. The van der Waals surface area contributed by atoms with Gasteiger partial charge in [-0.05, 0) is 49.1 Å². The molecule has 1 heterocycles. The number of benzene rings is 2. The zero-order valence-corrected chi connectivity index (χ0v) is 19.5. The number of phenolic OH excluding ortho intramolecular Hbond substituents is 1. The van der Waals surface area contributed by atoms with Crippen LogP contribution in [0.15, 0.2) is 36.4 Å². The maximum atomic E-state index is 13.5. The Bertz CT molecular complexity index is 1190. The lowest BCUT2D eigenvalue weighted by atomic mass is 9.84. The second-order valence-electron chi connectivity index (χ2n) is 8.66. The molecule has 2 aromatic carbocycles. The van der Waals surface area contributed by atoms with Crippen molar-refractivity contribution >= 4 is 27.3 Å². The van der Waals surface area contributed by atoms with Crippen molar-refractivity contribution in [2.45, 2.75) is 38.8 Å². The number of hydrogen-bond donors (Lipinski definition) is 2. The summed E-state index contributed by atoms with van der Waals surface area (Å²) in [4.78, 5) is 27.5. The summed E-state index contributed by atoms with van der Waals surface area (Å²) in [5.41, 5.74) is 2.12. The maximum absolute atomic E-state index is 13.5. The van der Waals surface area contributed by atoms with Gasteiger partial charge in [-0.2, -0.15) is 0 Å². The number of sulfone groups is 1. The van der Waals surface area contributed by atoms with E-state index < -0.39 is 15.9 Å². The molecule has 2 aromatic rings. The minimum atomic E-state index is -3.46. The number of ether oxygens (including phenoxy) is 1. The molecule has 1 aliphatic carbocycles. The topological polar surface area (TPSA) is 113 Å². The lowest BCUT2D eigenvalue weighted by molar-refractivity contribution is -0.122. The fourth-order valence-electron chi connectivity index (χ4n) is 4.31. The Morgan fingerprint density at radius 3 is 2.67 bits per heavy atom. The Morgan fingerprint density at radius 2 is 2.03 bits per heavy atom. The van der Waals surface area contributed by atoms with E-state index in [9.17, 15) is 23.1 Å². The minimum Gasteiger partial charge on any atom is -0.504 e. The van der Waals surface area contributed by atoms with E-state index in [0.717, 1.165) is 31.1 Å². The van der Waals surface area contributed by atoms with Gasteiger partial charge in [-0.15, -0.1) is 0 Å². The molecule has 0 saturated heterocycles. The first-order valence-electron chi connectivity index (χ1n) is 11.0. The van der Waals surface area contributed by atoms with Gasteiger partial charge in [0.1, 0.15) is 9.84 Å². The first-order valence-corrected chi connectivity index (χ1v) is 13.1. The summed E-state index contributed by atoms with van der Waals surface area (Å²) in [6.45, 7) is 2.32. The van der Waals surface area contributed by atoms with Crippen LogP contribution in [-0.2, 0) is 21.2 Å². The summed E-state index contributed by atoms with van der Waals surface area (Å²) in [5.74, 6) is -0.572. The number of rotatable bonds is 8. The molecule has 176 valence electrons. The van der Waals surface area contributed by atoms with Crippen molar-refractivity contribution < 1.29 is 27.9 Å². The molecule has 1 unspecified atom stereocenters. The standard InChI is InChI=1S/C24H28N2O6S/c1-3-32-21-12-16(10-11-20(21)27)19(14-33(2,30)31)26-13-17-8-5-9-18(22(17)24(26)29)25-23(28)15-6-4-7-15/h5,8-12,15,19,27H,3-4,6-7,13-14H2,1-2H3,(H,25,28). The van der Waals surface area contributed by atoms with E-state index in [1.807, 2.05) is 6.07 Å². The van der Waals surface area contributed by atoms with Crippen molar-refractivity contribution in [2.75, 3.05) is 23.9 Å². The predicted molar refractivity (Wildman–Crippen MR) is 124 cm³/mol. The van der Waals surface area contributed by atoms with E-state index in [2.05, 4.69) is 5.32 Å². The van der Waals surface area contributed by atoms with Gasteiger partial charge in [-0.1, -0.05) is 24.6 Å². The zero-order chi connectivity index (χ0) is 23.8. The van der Waals surface area contributed by atoms with Crippen molar-refractivity contribution in [1.29, 1.82) is 0 Å². The van der Waals surface area contributed by atoms with Crippen molar-refractivity contribution in [1.82, 2.24) is 4.90 Å². The van der Waals surface area contributed by atoms with Gasteiger partial charge in [0.25, 0.3) is 5.91 Å². The number of carbonyl (C=O) groups excluding carboxylic acids is 2. The molecule has 1 atom stereocenters. The second-order valence-corrected chi connectivity index (χ2v) is 10.8. The van der Waals surface area contributed by atoms with E-state index >= 15 is 0 Å². The van der Waals surface area contributed by atoms with Crippen LogP contribution in [0.3, 0.4) is 0 Å². The molecule has 0 spiro atoms. The average Bonchev–Trinajstić information content (AvgIpc) is 3.03. The van der Waals surface area contributed by atoms with Crippen molar-refractivity contribution in [2.24, 2.45) is 5.92 Å². The highest BCUT2D eigenvalue weighted by atomic mass is 32.2. The highest BCUT2D eigenvalue weighted by Gasteiger charge is 2.38.